The number of sulfonamides is 1. The number of carbonyl (C=O) groups is 1. The number of carbonyl (C=O) groups excluding carboxylic acids is 1. The summed E-state index contributed by atoms with van der Waals surface area (Å²) >= 11 is 0. The molecule has 0 heterocycles. The Kier molecular flexibility index (Phi) is 5.92. The van der Waals surface area contributed by atoms with Gasteiger partial charge >= 0.3 is 0 Å². The molecule has 2 aromatic rings. The molecule has 7 heteroatoms. The third-order valence-electron chi connectivity index (χ3n) is 4.01. The van der Waals surface area contributed by atoms with Crippen LogP contribution in [0.4, 0.5) is 10.1 Å². The van der Waals surface area contributed by atoms with Gasteiger partial charge in [-0.2, -0.15) is 4.72 Å². The number of nitrogens with one attached hydrogen (secondary N) is 2. The van der Waals surface area contributed by atoms with Crippen LogP contribution in [-0.4, -0.2) is 20.4 Å². The Morgan fingerprint density at radius 2 is 1.76 bits per heavy atom. The van der Waals surface area contributed by atoms with Crippen LogP contribution in [0.25, 0.3) is 0 Å². The Morgan fingerprint density at radius 3 is 2.36 bits per heavy atom. The standard InChI is InChI=1S/C18H21FN2O3S/c1-4-16(18(22)20-17-7-5-6-12(2)13(17)3)21-25(23,24)15-10-8-14(19)9-11-15/h5-11,16,21H,4H2,1-3H3,(H,20,22). The number of halogens is 1. The van der Waals surface area contributed by atoms with Gasteiger partial charge < -0.3 is 5.32 Å². The predicted molar refractivity (Wildman–Crippen MR) is 95.3 cm³/mol. The molecule has 1 unspecified atom stereocenters. The molecule has 0 fully saturated rings. The van der Waals surface area contributed by atoms with Gasteiger partial charge in [0, 0.05) is 5.69 Å². The third-order valence-corrected chi connectivity index (χ3v) is 5.50. The van der Waals surface area contributed by atoms with Crippen molar-refractivity contribution in [1.82, 2.24) is 4.72 Å². The molecule has 0 aliphatic rings. The van der Waals surface area contributed by atoms with Gasteiger partial charge in [-0.3, -0.25) is 4.79 Å². The number of amides is 1. The van der Waals surface area contributed by atoms with E-state index in [-0.39, 0.29) is 11.3 Å². The highest BCUT2D eigenvalue weighted by Crippen LogP contribution is 2.19. The Balaban J connectivity index is 2.17. The summed E-state index contributed by atoms with van der Waals surface area (Å²) in [6, 6.07) is 9.02. The summed E-state index contributed by atoms with van der Waals surface area (Å²) in [7, 11) is -3.92. The molecule has 0 saturated heterocycles. The van der Waals surface area contributed by atoms with Crippen LogP contribution in [0.5, 0.6) is 0 Å². The summed E-state index contributed by atoms with van der Waals surface area (Å²) in [5, 5.41) is 2.76. The number of aryl methyl sites for hydroxylation is 1. The first kappa shape index (κ1) is 19.1. The molecule has 0 aliphatic carbocycles. The summed E-state index contributed by atoms with van der Waals surface area (Å²) in [6.45, 7) is 5.52. The topological polar surface area (TPSA) is 75.3 Å². The van der Waals surface area contributed by atoms with E-state index < -0.39 is 27.8 Å². The monoisotopic (exact) mass is 364 g/mol. The van der Waals surface area contributed by atoms with Gasteiger partial charge in [-0.05, 0) is 61.7 Å². The Hall–Kier alpha value is -2.25. The maximum Gasteiger partial charge on any atom is 0.242 e. The number of hydrogen-bond donors (Lipinski definition) is 2. The molecule has 0 spiro atoms. The Labute approximate surface area is 147 Å². The zero-order chi connectivity index (χ0) is 18.6. The number of anilines is 1. The summed E-state index contributed by atoms with van der Waals surface area (Å²) in [5.41, 5.74) is 2.59. The maximum absolute atomic E-state index is 13.0. The summed E-state index contributed by atoms with van der Waals surface area (Å²) in [4.78, 5) is 12.4. The lowest BCUT2D eigenvalue weighted by atomic mass is 10.1. The van der Waals surface area contributed by atoms with Crippen molar-refractivity contribution in [2.75, 3.05) is 5.32 Å². The van der Waals surface area contributed by atoms with E-state index in [0.717, 1.165) is 35.4 Å². The molecule has 5 nitrogen and oxygen atoms in total. The van der Waals surface area contributed by atoms with E-state index in [2.05, 4.69) is 10.0 Å². The molecule has 2 aromatic carbocycles. The molecule has 0 aromatic heterocycles. The first-order chi connectivity index (χ1) is 11.7. The van der Waals surface area contributed by atoms with Gasteiger partial charge in [0.15, 0.2) is 0 Å². The van der Waals surface area contributed by atoms with Crippen LogP contribution in [0.1, 0.15) is 24.5 Å². The lowest BCUT2D eigenvalue weighted by Gasteiger charge is -2.18. The first-order valence-corrected chi connectivity index (χ1v) is 9.38. The molecule has 2 N–H and O–H groups in total. The highest BCUT2D eigenvalue weighted by molar-refractivity contribution is 7.89. The maximum atomic E-state index is 13.0. The lowest BCUT2D eigenvalue weighted by molar-refractivity contribution is -0.117. The SMILES string of the molecule is CCC(NS(=O)(=O)c1ccc(F)cc1)C(=O)Nc1cccc(C)c1C. The van der Waals surface area contributed by atoms with Crippen LogP contribution in [-0.2, 0) is 14.8 Å². The van der Waals surface area contributed by atoms with Gasteiger partial charge in [0.25, 0.3) is 0 Å². The van der Waals surface area contributed by atoms with Crippen molar-refractivity contribution in [3.63, 3.8) is 0 Å². The van der Waals surface area contributed by atoms with Crippen molar-refractivity contribution in [3.05, 3.63) is 59.4 Å². The Morgan fingerprint density at radius 1 is 1.12 bits per heavy atom. The minimum absolute atomic E-state index is 0.0908. The Bertz CT molecular complexity index is 864. The van der Waals surface area contributed by atoms with Crippen LogP contribution in [0, 0.1) is 19.7 Å². The largest absolute Gasteiger partial charge is 0.324 e. The van der Waals surface area contributed by atoms with Crippen molar-refractivity contribution in [2.45, 2.75) is 38.1 Å². The van der Waals surface area contributed by atoms with Crippen molar-refractivity contribution in [1.29, 1.82) is 0 Å². The molecule has 0 aliphatic heterocycles. The van der Waals surface area contributed by atoms with Crippen LogP contribution in [0.2, 0.25) is 0 Å². The lowest BCUT2D eigenvalue weighted by Crippen LogP contribution is -2.43. The fourth-order valence-corrected chi connectivity index (χ4v) is 3.58. The normalized spacial score (nSPS) is 12.6. The molecular weight excluding hydrogens is 343 g/mol. The van der Waals surface area contributed by atoms with E-state index in [1.54, 1.807) is 13.0 Å². The summed E-state index contributed by atoms with van der Waals surface area (Å²) in [5.74, 6) is -0.972. The summed E-state index contributed by atoms with van der Waals surface area (Å²) in [6.07, 6.45) is 0.275. The van der Waals surface area contributed by atoms with E-state index in [4.69, 9.17) is 0 Å². The smallest absolute Gasteiger partial charge is 0.242 e. The quantitative estimate of drug-likeness (QED) is 0.827. The van der Waals surface area contributed by atoms with Gasteiger partial charge in [-0.25, -0.2) is 12.8 Å². The highest BCUT2D eigenvalue weighted by Gasteiger charge is 2.24. The van der Waals surface area contributed by atoms with E-state index in [0.29, 0.717) is 5.69 Å². The second-order valence-corrected chi connectivity index (χ2v) is 7.49. The minimum atomic E-state index is -3.92. The molecule has 0 bridgehead atoms. The predicted octanol–water partition coefficient (Wildman–Crippen LogP) is 3.14. The number of benzene rings is 2. The second kappa shape index (κ2) is 7.76. The zero-order valence-corrected chi connectivity index (χ0v) is 15.2. The second-order valence-electron chi connectivity index (χ2n) is 5.77. The molecule has 25 heavy (non-hydrogen) atoms. The molecule has 0 radical (unpaired) electrons. The fraction of sp³-hybridized carbons (Fsp3) is 0.278. The zero-order valence-electron chi connectivity index (χ0n) is 14.3. The van der Waals surface area contributed by atoms with E-state index in [1.165, 1.54) is 0 Å². The molecular formula is C18H21FN2O3S. The fourth-order valence-electron chi connectivity index (χ4n) is 2.30. The van der Waals surface area contributed by atoms with Crippen molar-refractivity contribution >= 4 is 21.6 Å². The molecule has 1 atom stereocenters. The van der Waals surface area contributed by atoms with Gasteiger partial charge in [0.1, 0.15) is 11.9 Å². The minimum Gasteiger partial charge on any atom is -0.324 e. The van der Waals surface area contributed by atoms with Crippen LogP contribution in [0.15, 0.2) is 47.4 Å². The number of rotatable bonds is 6. The third kappa shape index (κ3) is 4.64. The number of hydrogen-bond acceptors (Lipinski definition) is 3. The van der Waals surface area contributed by atoms with Crippen LogP contribution < -0.4 is 10.0 Å². The van der Waals surface area contributed by atoms with E-state index in [9.17, 15) is 17.6 Å². The van der Waals surface area contributed by atoms with Gasteiger partial charge in [-0.15, -0.1) is 0 Å². The van der Waals surface area contributed by atoms with Crippen molar-refractivity contribution in [3.8, 4) is 0 Å². The van der Waals surface area contributed by atoms with Gasteiger partial charge in [-0.1, -0.05) is 19.1 Å². The average molecular weight is 364 g/mol. The van der Waals surface area contributed by atoms with E-state index >= 15 is 0 Å². The molecule has 134 valence electrons. The van der Waals surface area contributed by atoms with Crippen LogP contribution in [0.3, 0.4) is 0 Å². The van der Waals surface area contributed by atoms with E-state index in [1.807, 2.05) is 26.0 Å². The van der Waals surface area contributed by atoms with Crippen LogP contribution >= 0.6 is 0 Å². The molecule has 1 amide bonds. The van der Waals surface area contributed by atoms with Crippen molar-refractivity contribution < 1.29 is 17.6 Å². The average Bonchev–Trinajstić information content (AvgIpc) is 2.57. The first-order valence-electron chi connectivity index (χ1n) is 7.89. The van der Waals surface area contributed by atoms with Crippen molar-refractivity contribution in [2.24, 2.45) is 0 Å². The van der Waals surface area contributed by atoms with Gasteiger partial charge in [0.05, 0.1) is 4.90 Å². The molecule has 0 saturated carbocycles. The summed E-state index contributed by atoms with van der Waals surface area (Å²) < 4.78 is 40.1. The van der Waals surface area contributed by atoms with Gasteiger partial charge in [0.2, 0.25) is 15.9 Å². The molecule has 2 rings (SSSR count). The highest BCUT2D eigenvalue weighted by atomic mass is 32.2.